The number of amides is 1. The van der Waals surface area contributed by atoms with Crippen molar-refractivity contribution in [1.29, 1.82) is 0 Å². The van der Waals surface area contributed by atoms with Crippen LogP contribution in [0.4, 0.5) is 13.2 Å². The molecule has 152 valence electrons. The zero-order valence-electron chi connectivity index (χ0n) is 15.4. The molecule has 0 saturated carbocycles. The molecule has 1 heterocycles. The molecule has 2 aromatic carbocycles. The summed E-state index contributed by atoms with van der Waals surface area (Å²) >= 11 is 1.34. The first-order chi connectivity index (χ1) is 13.7. The molecule has 0 radical (unpaired) electrons. The van der Waals surface area contributed by atoms with Crippen LogP contribution in [0.1, 0.15) is 15.9 Å². The summed E-state index contributed by atoms with van der Waals surface area (Å²) in [5, 5.41) is 11.9. The van der Waals surface area contributed by atoms with E-state index >= 15 is 0 Å². The highest BCUT2D eigenvalue weighted by atomic mass is 32.2. The summed E-state index contributed by atoms with van der Waals surface area (Å²) < 4.78 is 42.1. The first kappa shape index (κ1) is 20.6. The van der Waals surface area contributed by atoms with Gasteiger partial charge in [-0.25, -0.2) is 0 Å². The second kappa shape index (κ2) is 8.52. The van der Waals surface area contributed by atoms with Crippen molar-refractivity contribution in [2.24, 2.45) is 0 Å². The van der Waals surface area contributed by atoms with Crippen LogP contribution in [0.15, 0.2) is 53.7 Å². The molecule has 0 N–H and O–H groups in total. The van der Waals surface area contributed by atoms with E-state index in [0.29, 0.717) is 22.2 Å². The van der Waals surface area contributed by atoms with Crippen molar-refractivity contribution in [3.05, 3.63) is 59.7 Å². The number of thioether (sulfide) groups is 1. The van der Waals surface area contributed by atoms with Crippen LogP contribution in [0.2, 0.25) is 0 Å². The minimum Gasteiger partial charge on any atom is -0.406 e. The summed E-state index contributed by atoms with van der Waals surface area (Å²) in [7, 11) is 3.37. The lowest BCUT2D eigenvalue weighted by Crippen LogP contribution is -2.21. The van der Waals surface area contributed by atoms with Gasteiger partial charge in [0.1, 0.15) is 5.75 Å². The molecule has 0 bridgehead atoms. The molecule has 0 saturated heterocycles. The van der Waals surface area contributed by atoms with E-state index in [1.54, 1.807) is 32.3 Å². The molecule has 3 aromatic rings. The van der Waals surface area contributed by atoms with Crippen molar-refractivity contribution in [2.75, 3.05) is 14.1 Å². The number of alkyl halides is 3. The third-order valence-electron chi connectivity index (χ3n) is 3.70. The van der Waals surface area contributed by atoms with Crippen LogP contribution in [-0.4, -0.2) is 51.5 Å². The Morgan fingerprint density at radius 2 is 1.90 bits per heavy atom. The largest absolute Gasteiger partial charge is 0.573 e. The fraction of sp³-hybridized carbons (Fsp3) is 0.222. The Morgan fingerprint density at radius 3 is 2.55 bits per heavy atom. The quantitative estimate of drug-likeness (QED) is 0.565. The highest BCUT2D eigenvalue weighted by molar-refractivity contribution is 7.98. The molecule has 29 heavy (non-hydrogen) atoms. The Kier molecular flexibility index (Phi) is 6.06. The number of carbonyl (C=O) groups excluding carboxylic acids is 1. The van der Waals surface area contributed by atoms with Gasteiger partial charge >= 0.3 is 6.36 Å². The normalized spacial score (nSPS) is 11.3. The summed E-state index contributed by atoms with van der Waals surface area (Å²) in [6.45, 7) is 0. The lowest BCUT2D eigenvalue weighted by Gasteiger charge is -2.11. The number of benzene rings is 2. The minimum atomic E-state index is -4.75. The minimum absolute atomic E-state index is 0.0946. The van der Waals surface area contributed by atoms with Gasteiger partial charge in [0, 0.05) is 25.4 Å². The zero-order valence-corrected chi connectivity index (χ0v) is 16.2. The molecule has 1 aromatic heterocycles. The van der Waals surface area contributed by atoms with E-state index in [2.05, 4.69) is 20.3 Å². The number of nitrogens with zero attached hydrogens (tertiary/aromatic N) is 5. The Balaban J connectivity index is 1.71. The van der Waals surface area contributed by atoms with Gasteiger partial charge < -0.3 is 9.64 Å². The molecule has 0 aliphatic heterocycles. The number of hydrogen-bond donors (Lipinski definition) is 0. The SMILES string of the molecule is CN(C)C(=O)c1cccc(CSc2nnnn2-c2ccc(OC(F)(F)F)cc2)c1. The first-order valence-corrected chi connectivity index (χ1v) is 9.29. The Labute approximate surface area is 168 Å². The number of aromatic nitrogens is 4. The molecular weight excluding hydrogens is 407 g/mol. The van der Waals surface area contributed by atoms with E-state index in [4.69, 9.17) is 0 Å². The van der Waals surface area contributed by atoms with Gasteiger partial charge in [-0.3, -0.25) is 4.79 Å². The second-order valence-electron chi connectivity index (χ2n) is 6.10. The topological polar surface area (TPSA) is 73.1 Å². The monoisotopic (exact) mass is 423 g/mol. The lowest BCUT2D eigenvalue weighted by atomic mass is 10.1. The number of rotatable bonds is 6. The third kappa shape index (κ3) is 5.47. The number of hydrogen-bond acceptors (Lipinski definition) is 6. The van der Waals surface area contributed by atoms with E-state index in [1.165, 1.54) is 45.6 Å². The molecule has 0 atom stereocenters. The smallest absolute Gasteiger partial charge is 0.406 e. The average Bonchev–Trinajstić information content (AvgIpc) is 3.14. The number of halogens is 3. The molecular formula is C18H16F3N5O2S. The highest BCUT2D eigenvalue weighted by Crippen LogP contribution is 2.26. The van der Waals surface area contributed by atoms with Crippen molar-refractivity contribution in [1.82, 2.24) is 25.1 Å². The van der Waals surface area contributed by atoms with E-state index in [0.717, 1.165) is 5.56 Å². The van der Waals surface area contributed by atoms with Crippen LogP contribution < -0.4 is 4.74 Å². The average molecular weight is 423 g/mol. The van der Waals surface area contributed by atoms with Crippen LogP contribution >= 0.6 is 11.8 Å². The van der Waals surface area contributed by atoms with Gasteiger partial charge in [0.05, 0.1) is 5.69 Å². The molecule has 1 amide bonds. The molecule has 0 aliphatic rings. The first-order valence-electron chi connectivity index (χ1n) is 8.31. The van der Waals surface area contributed by atoms with Gasteiger partial charge in [-0.15, -0.1) is 18.3 Å². The second-order valence-corrected chi connectivity index (χ2v) is 7.05. The number of tetrazole rings is 1. The Morgan fingerprint density at radius 1 is 1.17 bits per heavy atom. The summed E-state index contributed by atoms with van der Waals surface area (Å²) in [5.41, 5.74) is 1.97. The maximum absolute atomic E-state index is 12.3. The predicted molar refractivity (Wildman–Crippen MR) is 99.9 cm³/mol. The highest BCUT2D eigenvalue weighted by Gasteiger charge is 2.31. The van der Waals surface area contributed by atoms with E-state index in [1.807, 2.05) is 6.07 Å². The van der Waals surface area contributed by atoms with Gasteiger partial charge in [0.15, 0.2) is 0 Å². The summed E-state index contributed by atoms with van der Waals surface area (Å²) in [5.74, 6) is 0.0817. The van der Waals surface area contributed by atoms with Crippen molar-refractivity contribution >= 4 is 17.7 Å². The third-order valence-corrected chi connectivity index (χ3v) is 4.69. The molecule has 0 fully saturated rings. The molecule has 0 aliphatic carbocycles. The van der Waals surface area contributed by atoms with E-state index in [-0.39, 0.29) is 11.7 Å². The Bertz CT molecular complexity index is 990. The number of carbonyl (C=O) groups is 1. The van der Waals surface area contributed by atoms with Crippen molar-refractivity contribution < 1.29 is 22.7 Å². The van der Waals surface area contributed by atoms with E-state index < -0.39 is 6.36 Å². The maximum atomic E-state index is 12.3. The van der Waals surface area contributed by atoms with Crippen LogP contribution in [0.25, 0.3) is 5.69 Å². The fourth-order valence-electron chi connectivity index (χ4n) is 2.42. The van der Waals surface area contributed by atoms with Crippen molar-refractivity contribution in [2.45, 2.75) is 17.3 Å². The summed E-state index contributed by atoms with van der Waals surface area (Å²) in [4.78, 5) is 13.6. The van der Waals surface area contributed by atoms with Crippen molar-refractivity contribution in [3.63, 3.8) is 0 Å². The number of ether oxygens (including phenoxy) is 1. The van der Waals surface area contributed by atoms with Gasteiger partial charge in [0.25, 0.3) is 5.91 Å². The van der Waals surface area contributed by atoms with Crippen LogP contribution in [0, 0.1) is 0 Å². The zero-order chi connectivity index (χ0) is 21.0. The van der Waals surface area contributed by atoms with Crippen molar-refractivity contribution in [3.8, 4) is 11.4 Å². The molecule has 0 unspecified atom stereocenters. The fourth-order valence-corrected chi connectivity index (χ4v) is 3.25. The predicted octanol–water partition coefficient (Wildman–Crippen LogP) is 3.56. The van der Waals surface area contributed by atoms with Gasteiger partial charge in [0.2, 0.25) is 5.16 Å². The van der Waals surface area contributed by atoms with Crippen LogP contribution in [-0.2, 0) is 5.75 Å². The van der Waals surface area contributed by atoms with Crippen LogP contribution in [0.3, 0.4) is 0 Å². The van der Waals surface area contributed by atoms with Crippen LogP contribution in [0.5, 0.6) is 5.75 Å². The molecule has 3 rings (SSSR count). The van der Waals surface area contributed by atoms with Gasteiger partial charge in [-0.1, -0.05) is 23.9 Å². The van der Waals surface area contributed by atoms with Gasteiger partial charge in [-0.05, 0) is 52.4 Å². The lowest BCUT2D eigenvalue weighted by molar-refractivity contribution is -0.274. The molecule has 0 spiro atoms. The molecule has 11 heteroatoms. The summed E-state index contributed by atoms with van der Waals surface area (Å²) in [6, 6.07) is 12.5. The molecule has 7 nitrogen and oxygen atoms in total. The van der Waals surface area contributed by atoms with E-state index in [9.17, 15) is 18.0 Å². The standard InChI is InChI=1S/C18H16F3N5O2S/c1-25(2)16(27)13-5-3-4-12(10-13)11-29-17-22-23-24-26(17)14-6-8-15(9-7-14)28-18(19,20)21/h3-10H,11H2,1-2H3. The maximum Gasteiger partial charge on any atom is 0.573 e. The van der Waals surface area contributed by atoms with Gasteiger partial charge in [-0.2, -0.15) is 4.68 Å². The summed E-state index contributed by atoms with van der Waals surface area (Å²) in [6.07, 6.45) is -4.75. The Hall–Kier alpha value is -3.08.